The van der Waals surface area contributed by atoms with Gasteiger partial charge in [-0.2, -0.15) is 0 Å². The average Bonchev–Trinajstić information content (AvgIpc) is 2.61. The van der Waals surface area contributed by atoms with Gasteiger partial charge in [-0.1, -0.05) is 0 Å². The zero-order valence-corrected chi connectivity index (χ0v) is 8.88. The van der Waals surface area contributed by atoms with Crippen molar-refractivity contribution in [3.05, 3.63) is 0 Å². The van der Waals surface area contributed by atoms with Gasteiger partial charge in [-0.25, -0.2) is 4.79 Å². The van der Waals surface area contributed by atoms with Crippen molar-refractivity contribution in [3.8, 4) is 0 Å². The number of urea groups is 1. The Labute approximate surface area is 84.6 Å². The van der Waals surface area contributed by atoms with Crippen LogP contribution in [-0.2, 0) is 4.74 Å². The van der Waals surface area contributed by atoms with Crippen LogP contribution >= 0.6 is 0 Å². The number of hydrogen-bond acceptors (Lipinski definition) is 2. The van der Waals surface area contributed by atoms with Crippen LogP contribution in [0.15, 0.2) is 0 Å². The molecule has 0 aromatic heterocycles. The number of ether oxygens (including phenoxy) is 1. The van der Waals surface area contributed by atoms with Crippen LogP contribution in [0.4, 0.5) is 4.79 Å². The van der Waals surface area contributed by atoms with Gasteiger partial charge in [-0.3, -0.25) is 0 Å². The lowest BCUT2D eigenvalue weighted by atomic mass is 10.1. The topological polar surface area (TPSA) is 41.6 Å². The van der Waals surface area contributed by atoms with E-state index in [2.05, 4.69) is 19.2 Å². The molecule has 0 radical (unpaired) electrons. The van der Waals surface area contributed by atoms with Crippen LogP contribution in [0.2, 0.25) is 0 Å². The molecule has 0 bridgehead atoms. The quantitative estimate of drug-likeness (QED) is 0.718. The predicted octanol–water partition coefficient (Wildman–Crippen LogP) is 0.969. The van der Waals surface area contributed by atoms with Gasteiger partial charge in [-0.05, 0) is 26.7 Å². The fourth-order valence-corrected chi connectivity index (χ4v) is 2.14. The number of hydrogen-bond donors (Lipinski definition) is 1. The first-order chi connectivity index (χ1) is 6.57. The summed E-state index contributed by atoms with van der Waals surface area (Å²) in [4.78, 5) is 13.1. The van der Waals surface area contributed by atoms with Gasteiger partial charge in [0.15, 0.2) is 0 Å². The van der Waals surface area contributed by atoms with Gasteiger partial charge >= 0.3 is 6.03 Å². The Morgan fingerprint density at radius 2 is 2.43 bits per heavy atom. The van der Waals surface area contributed by atoms with E-state index in [4.69, 9.17) is 4.74 Å². The van der Waals surface area contributed by atoms with Gasteiger partial charge in [0.2, 0.25) is 0 Å². The lowest BCUT2D eigenvalue weighted by Crippen LogP contribution is -2.36. The van der Waals surface area contributed by atoms with Crippen molar-refractivity contribution < 1.29 is 9.53 Å². The van der Waals surface area contributed by atoms with E-state index < -0.39 is 0 Å². The van der Waals surface area contributed by atoms with Gasteiger partial charge < -0.3 is 15.0 Å². The number of rotatable bonds is 2. The first kappa shape index (κ1) is 9.77. The van der Waals surface area contributed by atoms with E-state index in [0.717, 1.165) is 32.5 Å². The molecule has 1 N–H and O–H groups in total. The molecule has 0 spiro atoms. The molecular formula is C10H18N2O2. The molecule has 4 heteroatoms. The highest BCUT2D eigenvalue weighted by Crippen LogP contribution is 2.29. The van der Waals surface area contributed by atoms with E-state index in [1.807, 2.05) is 4.90 Å². The summed E-state index contributed by atoms with van der Waals surface area (Å²) in [6.07, 6.45) is 2.39. The first-order valence-corrected chi connectivity index (χ1v) is 5.27. The van der Waals surface area contributed by atoms with Gasteiger partial charge in [-0.15, -0.1) is 0 Å². The molecule has 1 unspecified atom stereocenters. The molecule has 0 aromatic rings. The number of amides is 2. The second kappa shape index (κ2) is 3.42. The molecule has 14 heavy (non-hydrogen) atoms. The van der Waals surface area contributed by atoms with Crippen molar-refractivity contribution in [1.82, 2.24) is 10.2 Å². The SMILES string of the molecule is CC1(C)CCC(CN2CCNC2=O)O1. The lowest BCUT2D eigenvalue weighted by Gasteiger charge is -2.22. The Morgan fingerprint density at radius 1 is 1.64 bits per heavy atom. The smallest absolute Gasteiger partial charge is 0.317 e. The van der Waals surface area contributed by atoms with Crippen molar-refractivity contribution in [2.24, 2.45) is 0 Å². The molecule has 0 saturated carbocycles. The molecule has 2 aliphatic rings. The van der Waals surface area contributed by atoms with Gasteiger partial charge in [0.25, 0.3) is 0 Å². The van der Waals surface area contributed by atoms with Crippen molar-refractivity contribution in [1.29, 1.82) is 0 Å². The Morgan fingerprint density at radius 3 is 2.93 bits per heavy atom. The number of nitrogens with one attached hydrogen (secondary N) is 1. The predicted molar refractivity (Wildman–Crippen MR) is 53.2 cm³/mol. The van der Waals surface area contributed by atoms with Crippen LogP contribution in [0.25, 0.3) is 0 Å². The number of nitrogens with zero attached hydrogens (tertiary/aromatic N) is 1. The van der Waals surface area contributed by atoms with E-state index in [1.165, 1.54) is 0 Å². The molecule has 0 aliphatic carbocycles. The molecule has 2 amide bonds. The summed E-state index contributed by atoms with van der Waals surface area (Å²) in [5.74, 6) is 0. The largest absolute Gasteiger partial charge is 0.371 e. The third-order valence-corrected chi connectivity index (χ3v) is 2.92. The van der Waals surface area contributed by atoms with Crippen LogP contribution in [0.1, 0.15) is 26.7 Å². The van der Waals surface area contributed by atoms with Gasteiger partial charge in [0.1, 0.15) is 0 Å². The van der Waals surface area contributed by atoms with E-state index in [-0.39, 0.29) is 17.7 Å². The summed E-state index contributed by atoms with van der Waals surface area (Å²) in [6.45, 7) is 6.55. The standard InChI is InChI=1S/C10H18N2O2/c1-10(2)4-3-8(14-10)7-12-6-5-11-9(12)13/h8H,3-7H2,1-2H3,(H,11,13). The van der Waals surface area contributed by atoms with Gasteiger partial charge in [0, 0.05) is 19.6 Å². The molecule has 80 valence electrons. The number of carbonyl (C=O) groups is 1. The van der Waals surface area contributed by atoms with Crippen molar-refractivity contribution in [2.75, 3.05) is 19.6 Å². The minimum atomic E-state index is 0.000860. The Kier molecular flexibility index (Phi) is 2.39. The highest BCUT2D eigenvalue weighted by atomic mass is 16.5. The third kappa shape index (κ3) is 2.00. The minimum absolute atomic E-state index is 0.000860. The van der Waals surface area contributed by atoms with E-state index >= 15 is 0 Å². The van der Waals surface area contributed by atoms with Crippen LogP contribution in [-0.4, -0.2) is 42.3 Å². The molecule has 2 heterocycles. The third-order valence-electron chi connectivity index (χ3n) is 2.92. The van der Waals surface area contributed by atoms with E-state index in [9.17, 15) is 4.79 Å². The first-order valence-electron chi connectivity index (χ1n) is 5.27. The van der Waals surface area contributed by atoms with Crippen molar-refractivity contribution >= 4 is 6.03 Å². The summed E-state index contributed by atoms with van der Waals surface area (Å²) in [6, 6.07) is 0.0540. The lowest BCUT2D eigenvalue weighted by molar-refractivity contribution is -0.0228. The molecule has 2 saturated heterocycles. The molecule has 1 atom stereocenters. The monoisotopic (exact) mass is 198 g/mol. The molecular weight excluding hydrogens is 180 g/mol. The van der Waals surface area contributed by atoms with Crippen LogP contribution in [0, 0.1) is 0 Å². The Balaban J connectivity index is 1.84. The Bertz CT molecular complexity index is 240. The fraction of sp³-hybridized carbons (Fsp3) is 0.900. The molecule has 2 aliphatic heterocycles. The maximum Gasteiger partial charge on any atom is 0.317 e. The number of carbonyl (C=O) groups excluding carboxylic acids is 1. The molecule has 0 aromatic carbocycles. The van der Waals surface area contributed by atoms with Crippen LogP contribution in [0.5, 0.6) is 0 Å². The zero-order chi connectivity index (χ0) is 10.2. The normalized spacial score (nSPS) is 30.9. The second-order valence-electron chi connectivity index (χ2n) is 4.72. The summed E-state index contributed by atoms with van der Waals surface area (Å²) in [5, 5.41) is 2.80. The highest BCUT2D eigenvalue weighted by molar-refractivity contribution is 5.76. The van der Waals surface area contributed by atoms with Crippen molar-refractivity contribution in [2.45, 2.75) is 38.4 Å². The zero-order valence-electron chi connectivity index (χ0n) is 8.88. The molecule has 2 rings (SSSR count). The molecule has 2 fully saturated rings. The van der Waals surface area contributed by atoms with Crippen molar-refractivity contribution in [3.63, 3.8) is 0 Å². The maximum absolute atomic E-state index is 11.3. The molecule has 4 nitrogen and oxygen atoms in total. The average molecular weight is 198 g/mol. The van der Waals surface area contributed by atoms with Gasteiger partial charge in [0.05, 0.1) is 11.7 Å². The fourth-order valence-electron chi connectivity index (χ4n) is 2.14. The summed E-state index contributed by atoms with van der Waals surface area (Å²) in [5.41, 5.74) is 0.000860. The van der Waals surface area contributed by atoms with E-state index in [0.29, 0.717) is 0 Å². The Hall–Kier alpha value is -0.770. The maximum atomic E-state index is 11.3. The van der Waals surface area contributed by atoms with Crippen LogP contribution < -0.4 is 5.32 Å². The second-order valence-corrected chi connectivity index (χ2v) is 4.72. The van der Waals surface area contributed by atoms with Crippen LogP contribution in [0.3, 0.4) is 0 Å². The summed E-state index contributed by atoms with van der Waals surface area (Å²) < 4.78 is 5.84. The summed E-state index contributed by atoms with van der Waals surface area (Å²) >= 11 is 0. The summed E-state index contributed by atoms with van der Waals surface area (Å²) in [7, 11) is 0. The minimum Gasteiger partial charge on any atom is -0.371 e. The van der Waals surface area contributed by atoms with E-state index in [1.54, 1.807) is 0 Å². The highest BCUT2D eigenvalue weighted by Gasteiger charge is 2.34.